The van der Waals surface area contributed by atoms with E-state index in [9.17, 15) is 9.90 Å². The Hall–Kier alpha value is -0.390. The number of halogens is 1. The molecular formula is C11H14BrNO2S. The number of hydrogen-bond donors (Lipinski definition) is 1. The van der Waals surface area contributed by atoms with E-state index in [1.165, 1.54) is 11.3 Å². The maximum Gasteiger partial charge on any atom is 0.338 e. The van der Waals surface area contributed by atoms with Crippen molar-refractivity contribution >= 4 is 33.2 Å². The molecule has 1 N–H and O–H groups in total. The number of piperidine rings is 1. The van der Waals surface area contributed by atoms with Crippen LogP contribution in [0, 0.1) is 0 Å². The van der Waals surface area contributed by atoms with Crippen LogP contribution < -0.4 is 0 Å². The average molecular weight is 304 g/mol. The number of hydrogen-bond acceptors (Lipinski definition) is 3. The Morgan fingerprint density at radius 3 is 2.75 bits per heavy atom. The van der Waals surface area contributed by atoms with Crippen molar-refractivity contribution in [2.24, 2.45) is 0 Å². The molecule has 1 aromatic rings. The number of carbonyl (C=O) groups is 1. The summed E-state index contributed by atoms with van der Waals surface area (Å²) in [5.74, 6) is -0.410. The van der Waals surface area contributed by atoms with Crippen LogP contribution in [0.4, 0.5) is 0 Å². The molecule has 1 fully saturated rings. The normalized spacial score (nSPS) is 18.9. The van der Waals surface area contributed by atoms with Gasteiger partial charge < -0.3 is 10.0 Å². The van der Waals surface area contributed by atoms with Gasteiger partial charge in [0.05, 0.1) is 9.35 Å². The van der Waals surface area contributed by atoms with Crippen molar-refractivity contribution in [3.63, 3.8) is 0 Å². The summed E-state index contributed by atoms with van der Waals surface area (Å²) < 4.78 is 0.744. The molecule has 1 aliphatic rings. The first-order valence-electron chi connectivity index (χ1n) is 5.28. The Bertz CT molecular complexity index is 397. The molecule has 88 valence electrons. The zero-order valence-corrected chi connectivity index (χ0v) is 11.5. The largest absolute Gasteiger partial charge is 0.478 e. The molecule has 1 aliphatic heterocycles. The molecule has 0 amide bonds. The zero-order chi connectivity index (χ0) is 11.7. The molecule has 0 aliphatic carbocycles. The van der Waals surface area contributed by atoms with Crippen LogP contribution in [0.5, 0.6) is 0 Å². The second-order valence-electron chi connectivity index (χ2n) is 4.22. The summed E-state index contributed by atoms with van der Waals surface area (Å²) in [5.41, 5.74) is 1.48. The second-order valence-corrected chi connectivity index (χ2v) is 6.42. The van der Waals surface area contributed by atoms with Gasteiger partial charge in [0.15, 0.2) is 0 Å². The minimum atomic E-state index is -0.818. The topological polar surface area (TPSA) is 40.5 Å². The van der Waals surface area contributed by atoms with Gasteiger partial charge in [-0.1, -0.05) is 0 Å². The van der Waals surface area contributed by atoms with Crippen LogP contribution in [0.25, 0.3) is 0 Å². The predicted molar refractivity (Wildman–Crippen MR) is 68.5 cm³/mol. The quantitative estimate of drug-likeness (QED) is 0.913. The van der Waals surface area contributed by atoms with E-state index in [1.54, 1.807) is 0 Å². The van der Waals surface area contributed by atoms with E-state index in [2.05, 4.69) is 27.9 Å². The lowest BCUT2D eigenvalue weighted by atomic mass is 9.89. The first-order chi connectivity index (χ1) is 7.59. The van der Waals surface area contributed by atoms with E-state index < -0.39 is 5.97 Å². The van der Waals surface area contributed by atoms with Crippen LogP contribution in [0.3, 0.4) is 0 Å². The minimum absolute atomic E-state index is 0.407. The highest BCUT2D eigenvalue weighted by molar-refractivity contribution is 9.11. The Morgan fingerprint density at radius 2 is 2.19 bits per heavy atom. The van der Waals surface area contributed by atoms with Gasteiger partial charge in [0.1, 0.15) is 0 Å². The molecule has 0 atom stereocenters. The summed E-state index contributed by atoms with van der Waals surface area (Å²) in [6.45, 7) is 2.11. The molecular weight excluding hydrogens is 290 g/mol. The third kappa shape index (κ3) is 2.31. The van der Waals surface area contributed by atoms with Gasteiger partial charge in [-0.2, -0.15) is 0 Å². The predicted octanol–water partition coefficient (Wildman–Crippen LogP) is 3.02. The molecule has 1 aromatic heterocycles. The highest BCUT2D eigenvalue weighted by atomic mass is 79.9. The van der Waals surface area contributed by atoms with E-state index in [1.807, 2.05) is 5.38 Å². The number of rotatable bonds is 2. The Balaban J connectivity index is 2.24. The zero-order valence-electron chi connectivity index (χ0n) is 9.07. The molecule has 1 saturated heterocycles. The van der Waals surface area contributed by atoms with Gasteiger partial charge in [0, 0.05) is 0 Å². The van der Waals surface area contributed by atoms with Crippen molar-refractivity contribution in [1.82, 2.24) is 4.90 Å². The second kappa shape index (κ2) is 4.85. The molecule has 0 saturated carbocycles. The Morgan fingerprint density at radius 1 is 1.56 bits per heavy atom. The first kappa shape index (κ1) is 12.1. The van der Waals surface area contributed by atoms with Crippen LogP contribution in [-0.2, 0) is 0 Å². The molecule has 16 heavy (non-hydrogen) atoms. The first-order valence-corrected chi connectivity index (χ1v) is 6.95. The fourth-order valence-electron chi connectivity index (χ4n) is 2.17. The monoisotopic (exact) mass is 303 g/mol. The summed E-state index contributed by atoms with van der Waals surface area (Å²) in [5, 5.41) is 11.2. The highest BCUT2D eigenvalue weighted by Gasteiger charge is 2.25. The van der Waals surface area contributed by atoms with E-state index in [4.69, 9.17) is 0 Å². The lowest BCUT2D eigenvalue weighted by Crippen LogP contribution is -2.29. The lowest BCUT2D eigenvalue weighted by Gasteiger charge is -2.28. The summed E-state index contributed by atoms with van der Waals surface area (Å²) in [6.07, 6.45) is 2.11. The Labute approximate surface area is 107 Å². The van der Waals surface area contributed by atoms with E-state index in [0.717, 1.165) is 35.3 Å². The maximum absolute atomic E-state index is 11.2. The van der Waals surface area contributed by atoms with Gasteiger partial charge >= 0.3 is 5.97 Å². The van der Waals surface area contributed by atoms with Crippen molar-refractivity contribution in [1.29, 1.82) is 0 Å². The lowest BCUT2D eigenvalue weighted by molar-refractivity contribution is 0.0694. The van der Waals surface area contributed by atoms with E-state index >= 15 is 0 Å². The standard InChI is InChI=1S/C11H14BrNO2S/c1-13-4-2-7(3-5-13)8-6-16-10(12)9(8)11(14)15/h6-7H,2-5H2,1H3,(H,14,15). The molecule has 2 rings (SSSR count). The fraction of sp³-hybridized carbons (Fsp3) is 0.545. The number of nitrogens with zero attached hydrogens (tertiary/aromatic N) is 1. The SMILES string of the molecule is CN1CCC(c2csc(Br)c2C(=O)O)CC1. The van der Waals surface area contributed by atoms with Gasteiger partial charge in [-0.3, -0.25) is 0 Å². The number of thiophene rings is 1. The van der Waals surface area contributed by atoms with Crippen molar-refractivity contribution in [2.75, 3.05) is 20.1 Å². The van der Waals surface area contributed by atoms with Crippen molar-refractivity contribution in [2.45, 2.75) is 18.8 Å². The molecule has 0 bridgehead atoms. The number of likely N-dealkylation sites (tertiary alicyclic amines) is 1. The molecule has 2 heterocycles. The number of carboxylic acids is 1. The number of carboxylic acid groups (broad SMARTS) is 1. The van der Waals surface area contributed by atoms with Crippen LogP contribution >= 0.6 is 27.3 Å². The van der Waals surface area contributed by atoms with Crippen LogP contribution in [0.2, 0.25) is 0 Å². The summed E-state index contributed by atoms with van der Waals surface area (Å²) in [4.78, 5) is 13.5. The van der Waals surface area contributed by atoms with Crippen molar-refractivity contribution in [3.05, 3.63) is 20.3 Å². The van der Waals surface area contributed by atoms with Gasteiger partial charge in [-0.25, -0.2) is 4.79 Å². The van der Waals surface area contributed by atoms with Crippen LogP contribution in [-0.4, -0.2) is 36.1 Å². The van der Waals surface area contributed by atoms with Gasteiger partial charge in [-0.15, -0.1) is 11.3 Å². The van der Waals surface area contributed by atoms with Crippen molar-refractivity contribution in [3.8, 4) is 0 Å². The highest BCUT2D eigenvalue weighted by Crippen LogP contribution is 2.37. The van der Waals surface area contributed by atoms with Gasteiger partial charge in [0.2, 0.25) is 0 Å². The van der Waals surface area contributed by atoms with Crippen LogP contribution in [0.1, 0.15) is 34.7 Å². The van der Waals surface area contributed by atoms with E-state index in [0.29, 0.717) is 11.5 Å². The average Bonchev–Trinajstić information content (AvgIpc) is 2.61. The van der Waals surface area contributed by atoms with Crippen LogP contribution in [0.15, 0.2) is 9.17 Å². The fourth-order valence-corrected chi connectivity index (χ4v) is 3.72. The molecule has 5 heteroatoms. The molecule has 0 aromatic carbocycles. The number of aromatic carboxylic acids is 1. The molecule has 0 unspecified atom stereocenters. The molecule has 0 spiro atoms. The van der Waals surface area contributed by atoms with E-state index in [-0.39, 0.29) is 0 Å². The van der Waals surface area contributed by atoms with Gasteiger partial charge in [0.25, 0.3) is 0 Å². The minimum Gasteiger partial charge on any atom is -0.478 e. The smallest absolute Gasteiger partial charge is 0.338 e. The third-order valence-corrected chi connectivity index (χ3v) is 4.89. The third-order valence-electron chi connectivity index (χ3n) is 3.15. The maximum atomic E-state index is 11.2. The summed E-state index contributed by atoms with van der Waals surface area (Å²) in [6, 6.07) is 0. The molecule has 3 nitrogen and oxygen atoms in total. The van der Waals surface area contributed by atoms with Crippen molar-refractivity contribution < 1.29 is 9.90 Å². The summed E-state index contributed by atoms with van der Waals surface area (Å²) in [7, 11) is 2.11. The summed E-state index contributed by atoms with van der Waals surface area (Å²) >= 11 is 4.80. The Kier molecular flexibility index (Phi) is 3.66. The van der Waals surface area contributed by atoms with Gasteiger partial charge in [-0.05, 0) is 65.8 Å². The molecule has 0 radical (unpaired) electrons.